The van der Waals surface area contributed by atoms with Crippen LogP contribution < -0.4 is 11.2 Å². The SMILES string of the molecule is Cc1c(-c2ncc(C3(N)CCC3)c3c(=O)c(-c4ccccc4)c(-c4ccccc4)oc23)cnn1C.Cl. The van der Waals surface area contributed by atoms with Crippen LogP contribution in [-0.4, -0.2) is 14.8 Å². The molecule has 0 unspecified atom stereocenters. The van der Waals surface area contributed by atoms with Crippen molar-refractivity contribution in [2.45, 2.75) is 31.7 Å². The molecule has 6 nitrogen and oxygen atoms in total. The van der Waals surface area contributed by atoms with Crippen molar-refractivity contribution in [2.75, 3.05) is 0 Å². The van der Waals surface area contributed by atoms with Crippen molar-refractivity contribution < 1.29 is 4.42 Å². The number of nitrogens with two attached hydrogens (primary N) is 1. The molecule has 1 aliphatic carbocycles. The molecule has 0 bridgehead atoms. The maximum atomic E-state index is 14.4. The van der Waals surface area contributed by atoms with Crippen LogP contribution in [-0.2, 0) is 12.6 Å². The normalized spacial score (nSPS) is 14.3. The quantitative estimate of drug-likeness (QED) is 0.329. The van der Waals surface area contributed by atoms with Gasteiger partial charge in [0.1, 0.15) is 11.5 Å². The van der Waals surface area contributed by atoms with E-state index in [1.807, 2.05) is 74.6 Å². The van der Waals surface area contributed by atoms with Crippen LogP contribution in [0.3, 0.4) is 0 Å². The largest absolute Gasteiger partial charge is 0.453 e. The van der Waals surface area contributed by atoms with E-state index < -0.39 is 5.54 Å². The summed E-state index contributed by atoms with van der Waals surface area (Å²) in [6.07, 6.45) is 6.20. The van der Waals surface area contributed by atoms with Gasteiger partial charge in [-0.05, 0) is 31.7 Å². The van der Waals surface area contributed by atoms with Crippen molar-refractivity contribution in [3.8, 4) is 33.7 Å². The van der Waals surface area contributed by atoms with E-state index in [4.69, 9.17) is 15.1 Å². The third kappa shape index (κ3) is 3.65. The Labute approximate surface area is 215 Å². The predicted molar refractivity (Wildman–Crippen MR) is 145 cm³/mol. The summed E-state index contributed by atoms with van der Waals surface area (Å²) in [6.45, 7) is 1.98. The van der Waals surface area contributed by atoms with E-state index in [0.29, 0.717) is 28.0 Å². The fraction of sp³-hybridized carbons (Fsp3) is 0.207. The average molecular weight is 499 g/mol. The highest BCUT2D eigenvalue weighted by Crippen LogP contribution is 2.44. The van der Waals surface area contributed by atoms with Gasteiger partial charge in [-0.1, -0.05) is 60.7 Å². The number of benzene rings is 2. The number of halogens is 1. The fourth-order valence-corrected chi connectivity index (χ4v) is 4.99. The molecule has 1 aliphatic rings. The zero-order valence-corrected chi connectivity index (χ0v) is 21.0. The van der Waals surface area contributed by atoms with E-state index in [0.717, 1.165) is 47.2 Å². The first-order valence-electron chi connectivity index (χ1n) is 11.9. The van der Waals surface area contributed by atoms with E-state index >= 15 is 0 Å². The molecule has 1 fully saturated rings. The minimum atomic E-state index is -0.579. The number of fused-ring (bicyclic) bond motifs is 1. The van der Waals surface area contributed by atoms with Crippen molar-refractivity contribution >= 4 is 23.4 Å². The molecular formula is C29H27ClN4O2. The van der Waals surface area contributed by atoms with Gasteiger partial charge < -0.3 is 10.2 Å². The van der Waals surface area contributed by atoms with E-state index in [2.05, 4.69) is 5.10 Å². The van der Waals surface area contributed by atoms with Crippen molar-refractivity contribution in [1.29, 1.82) is 0 Å². The van der Waals surface area contributed by atoms with Crippen LogP contribution in [0.2, 0.25) is 0 Å². The Morgan fingerprint density at radius 2 is 1.61 bits per heavy atom. The van der Waals surface area contributed by atoms with Gasteiger partial charge in [-0.25, -0.2) is 0 Å². The molecule has 7 heteroatoms. The van der Waals surface area contributed by atoms with Gasteiger partial charge in [0.2, 0.25) is 5.43 Å². The first-order valence-corrected chi connectivity index (χ1v) is 11.9. The average Bonchev–Trinajstić information content (AvgIpc) is 3.20. The summed E-state index contributed by atoms with van der Waals surface area (Å²) in [5.74, 6) is 0.524. The molecule has 0 radical (unpaired) electrons. The molecule has 2 N–H and O–H groups in total. The highest BCUT2D eigenvalue weighted by molar-refractivity contribution is 5.97. The van der Waals surface area contributed by atoms with Crippen LogP contribution in [0.5, 0.6) is 0 Å². The Hall–Kier alpha value is -3.74. The molecule has 5 aromatic rings. The number of pyridine rings is 1. The molecule has 2 aromatic carbocycles. The number of rotatable bonds is 4. The zero-order valence-electron chi connectivity index (χ0n) is 20.2. The minimum absolute atomic E-state index is 0. The Morgan fingerprint density at radius 1 is 0.972 bits per heavy atom. The van der Waals surface area contributed by atoms with Gasteiger partial charge in [0.25, 0.3) is 0 Å². The molecule has 0 atom stereocenters. The first-order chi connectivity index (χ1) is 17.0. The third-order valence-corrected chi connectivity index (χ3v) is 7.29. The van der Waals surface area contributed by atoms with Crippen molar-refractivity contribution in [2.24, 2.45) is 12.8 Å². The second-order valence-electron chi connectivity index (χ2n) is 9.37. The van der Waals surface area contributed by atoms with E-state index in [9.17, 15) is 4.79 Å². The van der Waals surface area contributed by atoms with Crippen molar-refractivity contribution in [1.82, 2.24) is 14.8 Å². The molecule has 1 saturated carbocycles. The lowest BCUT2D eigenvalue weighted by atomic mass is 9.72. The smallest absolute Gasteiger partial charge is 0.201 e. The number of aryl methyl sites for hydroxylation is 1. The summed E-state index contributed by atoms with van der Waals surface area (Å²) in [5, 5.41) is 4.91. The first kappa shape index (κ1) is 24.0. The summed E-state index contributed by atoms with van der Waals surface area (Å²) in [6, 6.07) is 19.4. The number of aromatic nitrogens is 3. The highest BCUT2D eigenvalue weighted by atomic mass is 35.5. The van der Waals surface area contributed by atoms with Crippen LogP contribution in [0.4, 0.5) is 0 Å². The topological polar surface area (TPSA) is 86.9 Å². The summed E-state index contributed by atoms with van der Waals surface area (Å²) in [5.41, 5.74) is 11.9. The maximum absolute atomic E-state index is 14.4. The van der Waals surface area contributed by atoms with Crippen LogP contribution in [0.15, 0.2) is 82.3 Å². The summed E-state index contributed by atoms with van der Waals surface area (Å²) >= 11 is 0. The summed E-state index contributed by atoms with van der Waals surface area (Å²) in [4.78, 5) is 19.3. The van der Waals surface area contributed by atoms with Gasteiger partial charge in [0, 0.05) is 41.2 Å². The molecular weight excluding hydrogens is 472 g/mol. The van der Waals surface area contributed by atoms with E-state index in [-0.39, 0.29) is 17.8 Å². The number of hydrogen-bond donors (Lipinski definition) is 1. The second-order valence-corrected chi connectivity index (χ2v) is 9.37. The lowest BCUT2D eigenvalue weighted by Crippen LogP contribution is -2.44. The van der Waals surface area contributed by atoms with Crippen LogP contribution in [0.1, 0.15) is 30.5 Å². The van der Waals surface area contributed by atoms with Crippen molar-refractivity contribution in [3.05, 3.63) is 94.5 Å². The van der Waals surface area contributed by atoms with E-state index in [1.54, 1.807) is 17.1 Å². The molecule has 6 rings (SSSR count). The molecule has 0 amide bonds. The molecule has 3 heterocycles. The summed E-state index contributed by atoms with van der Waals surface area (Å²) in [7, 11) is 1.89. The Morgan fingerprint density at radius 3 is 2.17 bits per heavy atom. The monoisotopic (exact) mass is 498 g/mol. The van der Waals surface area contributed by atoms with E-state index in [1.165, 1.54) is 0 Å². The molecule has 0 spiro atoms. The molecule has 0 aliphatic heterocycles. The van der Waals surface area contributed by atoms with Crippen LogP contribution in [0.25, 0.3) is 44.7 Å². The lowest BCUT2D eigenvalue weighted by Gasteiger charge is -2.39. The van der Waals surface area contributed by atoms with Gasteiger partial charge in [0.15, 0.2) is 5.58 Å². The van der Waals surface area contributed by atoms with Gasteiger partial charge in [-0.2, -0.15) is 5.10 Å². The minimum Gasteiger partial charge on any atom is -0.453 e. The molecule has 0 saturated heterocycles. The lowest BCUT2D eigenvalue weighted by molar-refractivity contribution is 0.255. The molecule has 182 valence electrons. The van der Waals surface area contributed by atoms with Crippen molar-refractivity contribution in [3.63, 3.8) is 0 Å². The molecule has 3 aromatic heterocycles. The standard InChI is InChI=1S/C29H26N4O2.ClH/c1-18-21(16-32-33(18)2)25-28-24(22(17-31-25)29(30)14-9-15-29)26(34)23(19-10-5-3-6-11-19)27(35-28)20-12-7-4-8-13-20;/h3-8,10-13,16-17H,9,14-15,30H2,1-2H3;1H. The molecule has 36 heavy (non-hydrogen) atoms. The third-order valence-electron chi connectivity index (χ3n) is 7.29. The Kier molecular flexibility index (Phi) is 6.02. The van der Waals surface area contributed by atoms with Crippen LogP contribution >= 0.6 is 12.4 Å². The second kappa shape index (κ2) is 9.04. The number of hydrogen-bond acceptors (Lipinski definition) is 5. The van der Waals surface area contributed by atoms with Crippen LogP contribution in [0, 0.1) is 6.92 Å². The summed E-state index contributed by atoms with van der Waals surface area (Å²) < 4.78 is 8.51. The predicted octanol–water partition coefficient (Wildman–Crippen LogP) is 5.99. The van der Waals surface area contributed by atoms with Gasteiger partial charge in [-0.3, -0.25) is 14.5 Å². The Bertz CT molecular complexity index is 1620. The van der Waals surface area contributed by atoms with Gasteiger partial charge in [0.05, 0.1) is 17.1 Å². The highest BCUT2D eigenvalue weighted by Gasteiger charge is 2.38. The zero-order chi connectivity index (χ0) is 24.2. The number of nitrogens with zero attached hydrogens (tertiary/aromatic N) is 3. The fourth-order valence-electron chi connectivity index (χ4n) is 4.99. The van der Waals surface area contributed by atoms with Gasteiger partial charge in [-0.15, -0.1) is 12.4 Å². The maximum Gasteiger partial charge on any atom is 0.201 e. The van der Waals surface area contributed by atoms with Gasteiger partial charge >= 0.3 is 0 Å². The Balaban J connectivity index is 0.00000267.